The predicted molar refractivity (Wildman–Crippen MR) is 171 cm³/mol. The largest absolute Gasteiger partial charge is 0.573 e. The number of halogens is 4. The Balaban J connectivity index is 1.20. The van der Waals surface area contributed by atoms with Crippen LogP contribution in [0.5, 0.6) is 5.75 Å². The van der Waals surface area contributed by atoms with Gasteiger partial charge in [0.25, 0.3) is 0 Å². The van der Waals surface area contributed by atoms with Crippen molar-refractivity contribution in [1.82, 2.24) is 20.1 Å². The molecule has 2 heterocycles. The van der Waals surface area contributed by atoms with E-state index in [-0.39, 0.29) is 34.7 Å². The van der Waals surface area contributed by atoms with Gasteiger partial charge >= 0.3 is 12.4 Å². The van der Waals surface area contributed by atoms with E-state index in [1.165, 1.54) is 51.9 Å². The van der Waals surface area contributed by atoms with Crippen molar-refractivity contribution in [2.75, 3.05) is 17.2 Å². The molecule has 1 aliphatic rings. The number of aliphatic imine (C=N–C) groups is 1. The highest BCUT2D eigenvalue weighted by atomic mass is 79.9. The third kappa shape index (κ3) is 7.92. The van der Waals surface area contributed by atoms with Crippen molar-refractivity contribution in [3.05, 3.63) is 89.7 Å². The first-order valence-electron chi connectivity index (χ1n) is 13.8. The van der Waals surface area contributed by atoms with E-state index in [0.29, 0.717) is 16.7 Å². The number of anilines is 1. The average molecular weight is 702 g/mol. The second kappa shape index (κ2) is 13.4. The van der Waals surface area contributed by atoms with Crippen molar-refractivity contribution in [3.8, 4) is 22.8 Å². The fourth-order valence-corrected chi connectivity index (χ4v) is 5.93. The van der Waals surface area contributed by atoms with Gasteiger partial charge in [-0.2, -0.15) is 4.99 Å². The molecule has 1 aromatic heterocycles. The number of nitrogens with zero attached hydrogens (tertiary/aromatic N) is 5. The lowest BCUT2D eigenvalue weighted by Gasteiger charge is -2.22. The Morgan fingerprint density at radius 3 is 2.49 bits per heavy atom. The number of carbonyl (C=O) groups excluding carboxylic acids is 2. The first-order valence-corrected chi connectivity index (χ1v) is 15.7. The summed E-state index contributed by atoms with van der Waals surface area (Å²) < 4.78 is 42.6. The van der Waals surface area contributed by atoms with Crippen LogP contribution in [0, 0.1) is 6.92 Å². The van der Waals surface area contributed by atoms with Gasteiger partial charge in [-0.15, -0.1) is 18.3 Å². The summed E-state index contributed by atoms with van der Waals surface area (Å²) in [6.45, 7) is 6.32. The van der Waals surface area contributed by atoms with E-state index in [1.807, 2.05) is 49.4 Å². The Labute approximate surface area is 270 Å². The summed E-state index contributed by atoms with van der Waals surface area (Å²) in [5, 5.41) is 7.57. The molecule has 3 aromatic carbocycles. The number of carbonyl (C=O) groups is 2. The number of nitrogens with one attached hydrogen (secondary N) is 1. The molecule has 3 amide bonds. The molecule has 1 fully saturated rings. The third-order valence-corrected chi connectivity index (χ3v) is 8.58. The van der Waals surface area contributed by atoms with Gasteiger partial charge in [0.15, 0.2) is 11.0 Å². The summed E-state index contributed by atoms with van der Waals surface area (Å²) in [5.41, 5.74) is 4.89. The molecule has 1 N–H and O–H groups in total. The molecule has 1 unspecified atom stereocenters. The highest BCUT2D eigenvalue weighted by Gasteiger charge is 2.33. The number of amides is 3. The fourth-order valence-electron chi connectivity index (χ4n) is 4.60. The Morgan fingerprint density at radius 1 is 1.11 bits per heavy atom. The maximum absolute atomic E-state index is 12.8. The maximum atomic E-state index is 12.8. The van der Waals surface area contributed by atoms with Crippen molar-refractivity contribution >= 4 is 50.5 Å². The topological polar surface area (TPSA) is 102 Å². The quantitative estimate of drug-likeness (QED) is 0.191. The Bertz CT molecular complexity index is 1730. The van der Waals surface area contributed by atoms with Gasteiger partial charge in [0, 0.05) is 12.1 Å². The van der Waals surface area contributed by atoms with Crippen LogP contribution < -0.4 is 15.0 Å². The van der Waals surface area contributed by atoms with Gasteiger partial charge in [0.1, 0.15) is 12.1 Å². The molecule has 1 aliphatic heterocycles. The number of hydrogen-bond acceptors (Lipinski definition) is 6. The van der Waals surface area contributed by atoms with E-state index in [2.05, 4.69) is 54.9 Å². The molecular formula is C31H28BrF3N6O3S. The van der Waals surface area contributed by atoms with Crippen LogP contribution in [0.3, 0.4) is 0 Å². The maximum Gasteiger partial charge on any atom is 0.573 e. The second-order valence-electron chi connectivity index (χ2n) is 10.5. The van der Waals surface area contributed by atoms with Crippen LogP contribution in [0.25, 0.3) is 17.1 Å². The molecule has 1 atom stereocenters. The molecule has 0 aliphatic carbocycles. The van der Waals surface area contributed by atoms with E-state index in [0.717, 1.165) is 27.9 Å². The lowest BCUT2D eigenvalue weighted by atomic mass is 9.99. The normalized spacial score (nSPS) is 15.2. The molecule has 234 valence electrons. The van der Waals surface area contributed by atoms with E-state index in [1.54, 1.807) is 0 Å². The van der Waals surface area contributed by atoms with E-state index in [9.17, 15) is 22.8 Å². The van der Waals surface area contributed by atoms with Crippen molar-refractivity contribution < 1.29 is 27.5 Å². The van der Waals surface area contributed by atoms with Crippen molar-refractivity contribution in [2.45, 2.75) is 37.9 Å². The van der Waals surface area contributed by atoms with Crippen LogP contribution in [-0.2, 0) is 4.79 Å². The highest BCUT2D eigenvalue weighted by Crippen LogP contribution is 2.34. The number of rotatable bonds is 8. The zero-order valence-electron chi connectivity index (χ0n) is 24.4. The number of ether oxygens (including phenoxy) is 1. The number of benzene rings is 3. The second-order valence-corrected chi connectivity index (χ2v) is 12.5. The summed E-state index contributed by atoms with van der Waals surface area (Å²) in [5.74, 6) is 0.372. The van der Waals surface area contributed by atoms with Crippen LogP contribution in [0.4, 0.5) is 23.7 Å². The summed E-state index contributed by atoms with van der Waals surface area (Å²) >= 11 is 4.84. The Morgan fingerprint density at radius 2 is 1.82 bits per heavy atom. The smallest absolute Gasteiger partial charge is 0.406 e. The van der Waals surface area contributed by atoms with Gasteiger partial charge in [0.2, 0.25) is 5.91 Å². The minimum Gasteiger partial charge on any atom is -0.406 e. The van der Waals surface area contributed by atoms with Gasteiger partial charge in [-0.05, 0) is 59.9 Å². The van der Waals surface area contributed by atoms with Crippen molar-refractivity contribution in [2.24, 2.45) is 4.99 Å². The molecule has 9 nitrogen and oxygen atoms in total. The number of alkyl halides is 4. The van der Waals surface area contributed by atoms with Gasteiger partial charge in [0.05, 0.1) is 22.0 Å². The molecule has 5 rings (SSSR count). The van der Waals surface area contributed by atoms with Crippen LogP contribution in [-0.4, -0.2) is 50.5 Å². The number of thioether (sulfide) groups is 1. The fraction of sp³-hybridized carbons (Fsp3) is 0.258. The van der Waals surface area contributed by atoms with Crippen LogP contribution >= 0.6 is 27.7 Å². The van der Waals surface area contributed by atoms with Crippen molar-refractivity contribution in [1.29, 1.82) is 0 Å². The minimum absolute atomic E-state index is 0.120. The summed E-state index contributed by atoms with van der Waals surface area (Å²) in [6, 6.07) is 18.1. The number of urea groups is 1. The predicted octanol–water partition coefficient (Wildman–Crippen LogP) is 7.55. The number of aromatic nitrogens is 3. The molecule has 4 aromatic rings. The van der Waals surface area contributed by atoms with Gasteiger partial charge < -0.3 is 10.1 Å². The van der Waals surface area contributed by atoms with Gasteiger partial charge in [-0.1, -0.05) is 77.9 Å². The Kier molecular flexibility index (Phi) is 9.63. The van der Waals surface area contributed by atoms with E-state index >= 15 is 0 Å². The Hall–Kier alpha value is -4.17. The molecule has 0 bridgehead atoms. The highest BCUT2D eigenvalue weighted by molar-refractivity contribution is 9.09. The number of hydrogen-bond donors (Lipinski definition) is 1. The summed E-state index contributed by atoms with van der Waals surface area (Å²) in [4.78, 5) is 35.4. The standard InChI is InChI=1S/C31H28BrF3N6O3S/c1-18(2)24-13-4-19(3)14-26(24)41-27(42)16-45-30(41)38-29(43)36-15-25(32)20-5-7-21(8-6-20)28-37-17-40(39-28)22-9-11-23(12-10-22)44-31(33,34)35/h4-14,17-18,25H,15-16H2,1-3H3,(H,36,43). The van der Waals surface area contributed by atoms with Crippen LogP contribution in [0.1, 0.15) is 41.3 Å². The zero-order valence-corrected chi connectivity index (χ0v) is 26.8. The van der Waals surface area contributed by atoms with Gasteiger partial charge in [-0.25, -0.2) is 14.5 Å². The minimum atomic E-state index is -4.76. The molecule has 0 saturated carbocycles. The first kappa shape index (κ1) is 32.2. The average Bonchev–Trinajstić information content (AvgIpc) is 3.62. The van der Waals surface area contributed by atoms with E-state index in [4.69, 9.17) is 0 Å². The number of aryl methyl sites for hydroxylation is 1. The van der Waals surface area contributed by atoms with Crippen molar-refractivity contribution in [3.63, 3.8) is 0 Å². The first-order chi connectivity index (χ1) is 21.4. The molecule has 45 heavy (non-hydrogen) atoms. The van der Waals surface area contributed by atoms with E-state index < -0.39 is 12.4 Å². The summed E-state index contributed by atoms with van der Waals surface area (Å²) in [7, 11) is 0. The van der Waals surface area contributed by atoms with Crippen LogP contribution in [0.2, 0.25) is 0 Å². The third-order valence-electron chi connectivity index (χ3n) is 6.80. The molecule has 14 heteroatoms. The molecule has 1 saturated heterocycles. The molecular weight excluding hydrogens is 673 g/mol. The lowest BCUT2D eigenvalue weighted by molar-refractivity contribution is -0.274. The van der Waals surface area contributed by atoms with Gasteiger partial charge in [-0.3, -0.25) is 9.69 Å². The monoisotopic (exact) mass is 700 g/mol. The SMILES string of the molecule is Cc1ccc(C(C)C)c(N2C(=O)CSC2=NC(=O)NCC(Br)c2ccc(-c3ncn(-c4ccc(OC(F)(F)F)cc4)n3)cc2)c1. The van der Waals surface area contributed by atoms with Crippen LogP contribution in [0.15, 0.2) is 78.0 Å². The summed E-state index contributed by atoms with van der Waals surface area (Å²) in [6.07, 6.45) is -3.30. The zero-order chi connectivity index (χ0) is 32.3. The number of amidine groups is 1. The molecule has 0 spiro atoms. The molecule has 0 radical (unpaired) electrons. The lowest BCUT2D eigenvalue weighted by Crippen LogP contribution is -2.32.